The van der Waals surface area contributed by atoms with Crippen molar-refractivity contribution in [1.29, 1.82) is 0 Å². The van der Waals surface area contributed by atoms with Gasteiger partial charge in [0, 0.05) is 0 Å². The third-order valence-electron chi connectivity index (χ3n) is 0. The summed E-state index contributed by atoms with van der Waals surface area (Å²) in [5.74, 6) is 0. The molecule has 0 heterocycles. The predicted octanol–water partition coefficient (Wildman–Crippen LogP) is -11.3. The van der Waals surface area contributed by atoms with Crippen molar-refractivity contribution in [2.24, 2.45) is 0 Å². The molecule has 8 heavy (non-hydrogen) atoms. The second kappa shape index (κ2) is 8.96. The summed E-state index contributed by atoms with van der Waals surface area (Å²) in [6.07, 6.45) is 0. The molecule has 2 N–H and O–H groups in total. The van der Waals surface area contributed by atoms with Crippen LogP contribution in [0, 0.1) is 0 Å². The molecule has 0 aromatic rings. The summed E-state index contributed by atoms with van der Waals surface area (Å²) in [5.41, 5.74) is 0. The Kier molecular flexibility index (Phi) is 25.2. The van der Waals surface area contributed by atoms with E-state index in [0.29, 0.717) is 0 Å². The summed E-state index contributed by atoms with van der Waals surface area (Å²) >= 11 is 0. The molecule has 0 spiro atoms. The first-order valence-electron chi connectivity index (χ1n) is 0.840. The number of rotatable bonds is 0. The van der Waals surface area contributed by atoms with Gasteiger partial charge in [-0.1, -0.05) is 0 Å². The molecule has 0 fully saturated rings. The molecule has 0 aliphatic carbocycles. The van der Waals surface area contributed by atoms with Gasteiger partial charge < -0.3 is 19.1 Å². The predicted molar refractivity (Wildman–Crippen MR) is 11.3 cm³/mol. The summed E-state index contributed by atoms with van der Waals surface area (Å²) < 4.78 is 10.4. The third kappa shape index (κ3) is 101. The molecule has 0 atom stereocenters. The normalized spacial score (nSPS) is 7.50. The number of halogens is 2. The van der Waals surface area contributed by atoms with Crippen LogP contribution in [0.1, 0.15) is 0 Å². The molecular formula is H2F2Na2O3Si. The van der Waals surface area contributed by atoms with Crippen LogP contribution >= 0.6 is 0 Å². The topological polar surface area (TPSA) is 63.5 Å². The van der Waals surface area contributed by atoms with Crippen LogP contribution in [0.15, 0.2) is 0 Å². The van der Waals surface area contributed by atoms with Crippen molar-refractivity contribution in [3.63, 3.8) is 0 Å². The van der Waals surface area contributed by atoms with Gasteiger partial charge >= 0.3 is 68.3 Å². The smallest absolute Gasteiger partial charge is 1.00 e. The van der Waals surface area contributed by atoms with E-state index in [0.717, 1.165) is 0 Å². The van der Waals surface area contributed by atoms with Crippen molar-refractivity contribution < 1.29 is 82.3 Å². The molecule has 0 aliphatic heterocycles. The minimum Gasteiger partial charge on any atom is -1.00 e. The average Bonchev–Trinajstić information content (AvgIpc) is 0.722. The van der Waals surface area contributed by atoms with E-state index >= 15 is 0 Å². The van der Waals surface area contributed by atoms with Crippen LogP contribution in [0.4, 0.5) is 4.11 Å². The number of hydrogen-bond acceptors (Lipinski definition) is 3. The van der Waals surface area contributed by atoms with Gasteiger partial charge in [-0.3, -0.25) is 4.11 Å². The Morgan fingerprint density at radius 2 is 1.25 bits per heavy atom. The van der Waals surface area contributed by atoms with E-state index in [-0.39, 0.29) is 63.8 Å². The van der Waals surface area contributed by atoms with Crippen molar-refractivity contribution in [1.82, 2.24) is 0 Å². The Hall–Kier alpha value is 1.96. The first kappa shape index (κ1) is 22.5. The van der Waals surface area contributed by atoms with Gasteiger partial charge in [-0.25, -0.2) is 0 Å². The van der Waals surface area contributed by atoms with E-state index in [9.17, 15) is 4.11 Å². The van der Waals surface area contributed by atoms with Crippen molar-refractivity contribution in [3.05, 3.63) is 0 Å². The zero-order valence-electron chi connectivity index (χ0n) is 4.56. The quantitative estimate of drug-likeness (QED) is 0.274. The van der Waals surface area contributed by atoms with Crippen molar-refractivity contribution in [3.8, 4) is 0 Å². The Morgan fingerprint density at radius 1 is 1.25 bits per heavy atom. The van der Waals surface area contributed by atoms with E-state index in [1.807, 2.05) is 0 Å². The van der Waals surface area contributed by atoms with E-state index < -0.39 is 9.14 Å². The zero-order chi connectivity index (χ0) is 4.50. The first-order chi connectivity index (χ1) is 2.00. The third-order valence-corrected chi connectivity index (χ3v) is 0. The first-order valence-corrected chi connectivity index (χ1v) is 2.52. The van der Waals surface area contributed by atoms with E-state index in [1.54, 1.807) is 0 Å². The standard InChI is InChI=1S/FH2O3Si.FH.2Na/c1-5(2,3)4;;;/h2-3H;1H;;/q-1;;2*+1/p-1. The molecule has 0 bridgehead atoms. The van der Waals surface area contributed by atoms with Crippen molar-refractivity contribution in [2.75, 3.05) is 0 Å². The Labute approximate surface area is 90.4 Å². The van der Waals surface area contributed by atoms with Crippen LogP contribution in [0.3, 0.4) is 0 Å². The molecule has 0 aromatic carbocycles. The van der Waals surface area contributed by atoms with E-state index in [2.05, 4.69) is 0 Å². The summed E-state index contributed by atoms with van der Waals surface area (Å²) in [6, 6.07) is 0. The fourth-order valence-corrected chi connectivity index (χ4v) is 0. The zero-order valence-corrected chi connectivity index (χ0v) is 9.56. The minimum absolute atomic E-state index is 0. The summed E-state index contributed by atoms with van der Waals surface area (Å²) in [4.78, 5) is 22.7. The summed E-state index contributed by atoms with van der Waals surface area (Å²) in [7, 11) is -5.36. The van der Waals surface area contributed by atoms with Gasteiger partial charge in [-0.05, 0) is 0 Å². The van der Waals surface area contributed by atoms with Gasteiger partial charge in [0.15, 0.2) is 0 Å². The fourth-order valence-electron chi connectivity index (χ4n) is 0. The maximum absolute atomic E-state index is 10.4. The van der Waals surface area contributed by atoms with Crippen LogP contribution < -0.4 is 68.6 Å². The Morgan fingerprint density at radius 3 is 1.25 bits per heavy atom. The fraction of sp³-hybridized carbons (Fsp3) is 0. The van der Waals surface area contributed by atoms with Crippen LogP contribution in [0.2, 0.25) is 0 Å². The molecular weight excluding hydrogens is 160 g/mol. The summed E-state index contributed by atoms with van der Waals surface area (Å²) in [5, 5.41) is 0. The second-order valence-corrected chi connectivity index (χ2v) is 1.59. The van der Waals surface area contributed by atoms with E-state index in [4.69, 9.17) is 14.4 Å². The molecule has 0 aliphatic rings. The van der Waals surface area contributed by atoms with Crippen molar-refractivity contribution >= 4 is 9.14 Å². The largest absolute Gasteiger partial charge is 1.00 e. The van der Waals surface area contributed by atoms with Crippen LogP contribution in [-0.4, -0.2) is 18.7 Å². The molecule has 0 saturated heterocycles. The number of hydrogen-bond donors (Lipinski definition) is 2. The molecule has 40 valence electrons. The second-order valence-electron chi connectivity index (χ2n) is 0.529. The van der Waals surface area contributed by atoms with Gasteiger partial charge in [0.05, 0.1) is 0 Å². The van der Waals surface area contributed by atoms with E-state index in [1.165, 1.54) is 0 Å². The van der Waals surface area contributed by atoms with Crippen LogP contribution in [0.25, 0.3) is 0 Å². The van der Waals surface area contributed by atoms with Gasteiger partial charge in [0.1, 0.15) is 0 Å². The summed E-state index contributed by atoms with van der Waals surface area (Å²) in [6.45, 7) is 0. The van der Waals surface area contributed by atoms with Gasteiger partial charge in [-0.15, -0.1) is 0 Å². The van der Waals surface area contributed by atoms with Gasteiger partial charge in [-0.2, -0.15) is 0 Å². The molecule has 3 nitrogen and oxygen atoms in total. The maximum Gasteiger partial charge on any atom is 1.00 e. The maximum atomic E-state index is 10.4. The monoisotopic (exact) mass is 162 g/mol. The SMILES string of the molecule is [F-].[Na+].[Na+].[O-][Si](O)(O)F. The molecule has 0 radical (unpaired) electrons. The molecule has 8 heteroatoms. The minimum atomic E-state index is -5.36. The molecule has 0 amide bonds. The molecule has 0 unspecified atom stereocenters. The Balaban J connectivity index is -0.0000000267. The Bertz CT molecular complexity index is 30.8. The average molecular weight is 162 g/mol. The molecule has 0 aromatic heterocycles. The molecule has 0 rings (SSSR count). The van der Waals surface area contributed by atoms with Gasteiger partial charge in [0.25, 0.3) is 0 Å². The van der Waals surface area contributed by atoms with Crippen LogP contribution in [-0.2, 0) is 0 Å². The van der Waals surface area contributed by atoms with Crippen molar-refractivity contribution in [2.45, 2.75) is 0 Å². The molecule has 0 saturated carbocycles. The van der Waals surface area contributed by atoms with Gasteiger partial charge in [0.2, 0.25) is 0 Å². The van der Waals surface area contributed by atoms with Crippen LogP contribution in [0.5, 0.6) is 0 Å².